The predicted molar refractivity (Wildman–Crippen MR) is 92.8 cm³/mol. The van der Waals surface area contributed by atoms with Crippen LogP contribution in [0.4, 0.5) is 0 Å². The molecule has 0 saturated carbocycles. The van der Waals surface area contributed by atoms with E-state index in [0.717, 1.165) is 11.1 Å². The van der Waals surface area contributed by atoms with Crippen molar-refractivity contribution in [2.24, 2.45) is 0 Å². The molecule has 1 amide bonds. The van der Waals surface area contributed by atoms with Crippen molar-refractivity contribution in [2.45, 2.75) is 0 Å². The summed E-state index contributed by atoms with van der Waals surface area (Å²) in [5.74, 6) is 2.52. The fraction of sp³-hybridized carbons (Fsp3) is 0.222. The van der Waals surface area contributed by atoms with Gasteiger partial charge in [0.25, 0.3) is 12.4 Å². The van der Waals surface area contributed by atoms with Gasteiger partial charge in [0.15, 0.2) is 18.1 Å². The van der Waals surface area contributed by atoms with Gasteiger partial charge in [-0.15, -0.1) is 0 Å². The third kappa shape index (κ3) is 4.56. The van der Waals surface area contributed by atoms with Crippen molar-refractivity contribution >= 4 is 12.4 Å². The number of carbonyl (C=O) groups excluding carboxylic acids is 1. The fourth-order valence-corrected chi connectivity index (χ4v) is 2.27. The lowest BCUT2D eigenvalue weighted by Gasteiger charge is -2.11. The number of benzene rings is 2. The van der Waals surface area contributed by atoms with E-state index in [2.05, 4.69) is 5.32 Å². The topological polar surface area (TPSA) is 103 Å². The van der Waals surface area contributed by atoms with E-state index < -0.39 is 0 Å². The molecule has 0 fully saturated rings. The Morgan fingerprint density at radius 2 is 1.85 bits per heavy atom. The van der Waals surface area contributed by atoms with Gasteiger partial charge in [-0.2, -0.15) is 0 Å². The lowest BCUT2D eigenvalue weighted by Crippen LogP contribution is -2.24. The van der Waals surface area contributed by atoms with Crippen molar-refractivity contribution in [1.29, 1.82) is 0 Å². The molecule has 0 atom stereocenters. The molecule has 1 heterocycles. The highest BCUT2D eigenvalue weighted by Crippen LogP contribution is 2.42. The summed E-state index contributed by atoms with van der Waals surface area (Å²) in [6.45, 7) is -0.0442. The highest BCUT2D eigenvalue weighted by molar-refractivity contribution is 5.77. The van der Waals surface area contributed by atoms with Gasteiger partial charge < -0.3 is 29.4 Å². The zero-order valence-electron chi connectivity index (χ0n) is 14.4. The molecule has 138 valence electrons. The SMILES string of the molecule is CNC(=O)COc1ccc(-c2cc3c(cc2OC)OCO3)cc1.O=CO. The van der Waals surface area contributed by atoms with E-state index >= 15 is 0 Å². The largest absolute Gasteiger partial charge is 0.496 e. The van der Waals surface area contributed by atoms with Gasteiger partial charge in [-0.25, -0.2) is 0 Å². The van der Waals surface area contributed by atoms with Crippen LogP contribution in [0.15, 0.2) is 36.4 Å². The van der Waals surface area contributed by atoms with E-state index in [1.165, 1.54) is 0 Å². The molecule has 26 heavy (non-hydrogen) atoms. The molecule has 8 heteroatoms. The first-order valence-corrected chi connectivity index (χ1v) is 7.62. The van der Waals surface area contributed by atoms with Crippen LogP contribution in [0.2, 0.25) is 0 Å². The van der Waals surface area contributed by atoms with Crippen molar-refractivity contribution in [3.63, 3.8) is 0 Å². The number of carbonyl (C=O) groups is 2. The number of amides is 1. The predicted octanol–water partition coefficient (Wildman–Crippen LogP) is 1.92. The minimum atomic E-state index is -0.250. The van der Waals surface area contributed by atoms with E-state index in [0.29, 0.717) is 23.0 Å². The summed E-state index contributed by atoms with van der Waals surface area (Å²) < 4.78 is 21.6. The number of carboxylic acid groups (broad SMARTS) is 1. The van der Waals surface area contributed by atoms with Gasteiger partial charge >= 0.3 is 0 Å². The second kappa shape index (κ2) is 9.16. The number of hydrogen-bond donors (Lipinski definition) is 2. The van der Waals surface area contributed by atoms with Gasteiger partial charge in [-0.05, 0) is 23.8 Å². The number of methoxy groups -OCH3 is 1. The van der Waals surface area contributed by atoms with Gasteiger partial charge in [-0.1, -0.05) is 12.1 Å². The maximum atomic E-state index is 11.2. The molecule has 2 N–H and O–H groups in total. The first-order valence-electron chi connectivity index (χ1n) is 7.62. The van der Waals surface area contributed by atoms with Crippen LogP contribution in [-0.4, -0.2) is 45.0 Å². The molecule has 0 unspecified atom stereocenters. The molecule has 0 spiro atoms. The van der Waals surface area contributed by atoms with Crippen LogP contribution in [-0.2, 0) is 9.59 Å². The average molecular weight is 361 g/mol. The lowest BCUT2D eigenvalue weighted by molar-refractivity contribution is -0.123. The molecule has 0 bridgehead atoms. The summed E-state index contributed by atoms with van der Waals surface area (Å²) in [5, 5.41) is 9.39. The van der Waals surface area contributed by atoms with Crippen molar-refractivity contribution in [3.05, 3.63) is 36.4 Å². The highest BCUT2D eigenvalue weighted by atomic mass is 16.7. The second-order valence-corrected chi connectivity index (χ2v) is 5.00. The first kappa shape index (κ1) is 18.9. The quantitative estimate of drug-likeness (QED) is 0.784. The van der Waals surface area contributed by atoms with Crippen LogP contribution in [0.25, 0.3) is 11.1 Å². The Kier molecular flexibility index (Phi) is 6.67. The van der Waals surface area contributed by atoms with Crippen LogP contribution in [0, 0.1) is 0 Å². The molecule has 2 aromatic rings. The molecule has 0 aliphatic carbocycles. The van der Waals surface area contributed by atoms with Gasteiger partial charge in [0.05, 0.1) is 7.11 Å². The minimum absolute atomic E-state index is 0.0107. The van der Waals surface area contributed by atoms with Crippen molar-refractivity contribution in [2.75, 3.05) is 27.6 Å². The van der Waals surface area contributed by atoms with Crippen LogP contribution in [0.1, 0.15) is 0 Å². The average Bonchev–Trinajstić information content (AvgIpc) is 3.13. The zero-order chi connectivity index (χ0) is 18.9. The molecule has 0 aromatic heterocycles. The Balaban J connectivity index is 0.000000758. The zero-order valence-corrected chi connectivity index (χ0v) is 14.4. The summed E-state index contributed by atoms with van der Waals surface area (Å²) >= 11 is 0. The Labute approximate surface area is 150 Å². The van der Waals surface area contributed by atoms with Crippen LogP contribution in [0.5, 0.6) is 23.0 Å². The van der Waals surface area contributed by atoms with E-state index in [1.54, 1.807) is 14.2 Å². The fourth-order valence-electron chi connectivity index (χ4n) is 2.27. The number of hydrogen-bond acceptors (Lipinski definition) is 6. The number of nitrogens with one attached hydrogen (secondary N) is 1. The van der Waals surface area contributed by atoms with Crippen LogP contribution < -0.4 is 24.3 Å². The van der Waals surface area contributed by atoms with Crippen LogP contribution >= 0.6 is 0 Å². The standard InChI is InChI=1S/C17H17NO5.CH2O2/c1-18-17(19)9-21-12-5-3-11(4-6-12)13-7-15-16(23-10-22-15)8-14(13)20-2;2-1-3/h3-8H,9-10H2,1-2H3,(H,18,19);1H,(H,2,3). The Morgan fingerprint density at radius 3 is 2.42 bits per heavy atom. The maximum absolute atomic E-state index is 11.2. The third-order valence-corrected chi connectivity index (χ3v) is 3.51. The third-order valence-electron chi connectivity index (χ3n) is 3.51. The van der Waals surface area contributed by atoms with Crippen molar-refractivity contribution in [1.82, 2.24) is 5.32 Å². The first-order chi connectivity index (χ1) is 12.6. The van der Waals surface area contributed by atoms with Gasteiger partial charge in [-0.3, -0.25) is 9.59 Å². The Morgan fingerprint density at radius 1 is 1.23 bits per heavy atom. The number of fused-ring (bicyclic) bond motifs is 1. The summed E-state index contributed by atoms with van der Waals surface area (Å²) in [5.41, 5.74) is 1.85. The minimum Gasteiger partial charge on any atom is -0.496 e. The maximum Gasteiger partial charge on any atom is 0.290 e. The van der Waals surface area contributed by atoms with E-state index in [-0.39, 0.29) is 25.8 Å². The summed E-state index contributed by atoms with van der Waals surface area (Å²) in [4.78, 5) is 19.5. The van der Waals surface area contributed by atoms with E-state index in [4.69, 9.17) is 28.8 Å². The molecule has 0 radical (unpaired) electrons. The summed E-state index contributed by atoms with van der Waals surface area (Å²) in [7, 11) is 3.18. The van der Waals surface area contributed by atoms with Crippen molar-refractivity contribution < 1.29 is 33.6 Å². The Hall–Kier alpha value is -3.42. The van der Waals surface area contributed by atoms with Gasteiger partial charge in [0, 0.05) is 18.7 Å². The monoisotopic (exact) mass is 361 g/mol. The van der Waals surface area contributed by atoms with Gasteiger partial charge in [0.1, 0.15) is 11.5 Å². The van der Waals surface area contributed by atoms with E-state index in [1.807, 2.05) is 36.4 Å². The van der Waals surface area contributed by atoms with E-state index in [9.17, 15) is 4.79 Å². The Bertz CT molecular complexity index is 759. The number of rotatable bonds is 5. The molecular formula is C18H19NO7. The smallest absolute Gasteiger partial charge is 0.290 e. The normalized spacial score (nSPS) is 11.0. The molecule has 1 aliphatic rings. The molecular weight excluding hydrogens is 342 g/mol. The van der Waals surface area contributed by atoms with Gasteiger partial charge in [0.2, 0.25) is 6.79 Å². The van der Waals surface area contributed by atoms with Crippen LogP contribution in [0.3, 0.4) is 0 Å². The highest BCUT2D eigenvalue weighted by Gasteiger charge is 2.18. The van der Waals surface area contributed by atoms with Crippen molar-refractivity contribution in [3.8, 4) is 34.1 Å². The number of ether oxygens (including phenoxy) is 4. The second-order valence-electron chi connectivity index (χ2n) is 5.00. The number of likely N-dealkylation sites (N-methyl/N-ethyl adjacent to an activating group) is 1. The molecule has 8 nitrogen and oxygen atoms in total. The summed E-state index contributed by atoms with van der Waals surface area (Å²) in [6, 6.07) is 11.1. The molecule has 1 aliphatic heterocycles. The summed E-state index contributed by atoms with van der Waals surface area (Å²) in [6.07, 6.45) is 0. The lowest BCUT2D eigenvalue weighted by atomic mass is 10.0. The molecule has 0 saturated heterocycles. The molecule has 2 aromatic carbocycles. The molecule has 3 rings (SSSR count).